The standard InChI is InChI=1S/C11H14O2/c12-10-7-4-8-11(10)13-9-5-2-1-3-6-9/h1-3,5-6,10-12H,4,7-8H2. The number of aliphatic hydroxyl groups is 1. The van der Waals surface area contributed by atoms with Gasteiger partial charge in [-0.25, -0.2) is 0 Å². The molecule has 2 unspecified atom stereocenters. The van der Waals surface area contributed by atoms with Crippen molar-refractivity contribution in [2.45, 2.75) is 31.5 Å². The van der Waals surface area contributed by atoms with Crippen LogP contribution in [0.25, 0.3) is 0 Å². The molecule has 2 atom stereocenters. The molecular weight excluding hydrogens is 164 g/mol. The van der Waals surface area contributed by atoms with Crippen molar-refractivity contribution < 1.29 is 9.84 Å². The van der Waals surface area contributed by atoms with Gasteiger partial charge in [-0.15, -0.1) is 0 Å². The van der Waals surface area contributed by atoms with Crippen LogP contribution in [-0.2, 0) is 0 Å². The molecule has 0 aromatic heterocycles. The van der Waals surface area contributed by atoms with Gasteiger partial charge >= 0.3 is 0 Å². The van der Waals surface area contributed by atoms with E-state index in [9.17, 15) is 5.11 Å². The van der Waals surface area contributed by atoms with E-state index in [-0.39, 0.29) is 12.2 Å². The minimum Gasteiger partial charge on any atom is -0.488 e. The first-order valence-electron chi connectivity index (χ1n) is 4.76. The van der Waals surface area contributed by atoms with Gasteiger partial charge in [0.2, 0.25) is 0 Å². The number of aliphatic hydroxyl groups excluding tert-OH is 1. The second-order valence-electron chi connectivity index (χ2n) is 3.47. The molecule has 1 aromatic rings. The first kappa shape index (κ1) is 8.57. The van der Waals surface area contributed by atoms with E-state index in [2.05, 4.69) is 0 Å². The number of para-hydroxylation sites is 1. The van der Waals surface area contributed by atoms with Crippen LogP contribution in [0.2, 0.25) is 0 Å². The minimum atomic E-state index is -0.278. The van der Waals surface area contributed by atoms with Gasteiger partial charge in [0.05, 0.1) is 6.10 Å². The topological polar surface area (TPSA) is 29.5 Å². The van der Waals surface area contributed by atoms with E-state index in [1.807, 2.05) is 30.3 Å². The lowest BCUT2D eigenvalue weighted by atomic mass is 10.2. The van der Waals surface area contributed by atoms with E-state index in [0.717, 1.165) is 25.0 Å². The molecule has 1 aliphatic rings. The van der Waals surface area contributed by atoms with E-state index in [4.69, 9.17) is 4.74 Å². The quantitative estimate of drug-likeness (QED) is 0.750. The molecule has 1 fully saturated rings. The normalized spacial score (nSPS) is 27.5. The molecule has 1 aliphatic carbocycles. The van der Waals surface area contributed by atoms with Crippen LogP contribution in [0.5, 0.6) is 5.75 Å². The van der Waals surface area contributed by atoms with Gasteiger partial charge < -0.3 is 9.84 Å². The third-order valence-electron chi connectivity index (χ3n) is 2.45. The van der Waals surface area contributed by atoms with Crippen LogP contribution in [0.1, 0.15) is 19.3 Å². The molecule has 70 valence electrons. The third kappa shape index (κ3) is 2.01. The highest BCUT2D eigenvalue weighted by molar-refractivity contribution is 5.21. The zero-order valence-electron chi connectivity index (χ0n) is 7.52. The van der Waals surface area contributed by atoms with E-state index >= 15 is 0 Å². The van der Waals surface area contributed by atoms with Crippen molar-refractivity contribution in [1.82, 2.24) is 0 Å². The Kier molecular flexibility index (Phi) is 2.50. The number of rotatable bonds is 2. The van der Waals surface area contributed by atoms with Gasteiger partial charge in [0.15, 0.2) is 0 Å². The summed E-state index contributed by atoms with van der Waals surface area (Å²) in [5.41, 5.74) is 0. The number of benzene rings is 1. The summed E-state index contributed by atoms with van der Waals surface area (Å²) < 4.78 is 5.64. The molecule has 0 spiro atoms. The van der Waals surface area contributed by atoms with Crippen molar-refractivity contribution >= 4 is 0 Å². The van der Waals surface area contributed by atoms with Gasteiger partial charge in [-0.3, -0.25) is 0 Å². The van der Waals surface area contributed by atoms with Gasteiger partial charge in [0, 0.05) is 0 Å². The van der Waals surface area contributed by atoms with Gasteiger partial charge in [0.25, 0.3) is 0 Å². The SMILES string of the molecule is OC1CCCC1Oc1ccccc1. The summed E-state index contributed by atoms with van der Waals surface area (Å²) in [6.45, 7) is 0. The summed E-state index contributed by atoms with van der Waals surface area (Å²) in [6, 6.07) is 9.68. The molecule has 2 heteroatoms. The molecule has 0 bridgehead atoms. The molecule has 1 saturated carbocycles. The molecule has 13 heavy (non-hydrogen) atoms. The fourth-order valence-corrected chi connectivity index (χ4v) is 1.72. The number of hydrogen-bond donors (Lipinski definition) is 1. The fraction of sp³-hybridized carbons (Fsp3) is 0.455. The molecule has 0 radical (unpaired) electrons. The summed E-state index contributed by atoms with van der Waals surface area (Å²) in [6.07, 6.45) is 2.63. The lowest BCUT2D eigenvalue weighted by molar-refractivity contribution is 0.0604. The molecule has 2 nitrogen and oxygen atoms in total. The van der Waals surface area contributed by atoms with E-state index in [1.54, 1.807) is 0 Å². The van der Waals surface area contributed by atoms with Crippen molar-refractivity contribution in [3.8, 4) is 5.75 Å². The Balaban J connectivity index is 1.98. The Hall–Kier alpha value is -1.02. The monoisotopic (exact) mass is 178 g/mol. The zero-order valence-corrected chi connectivity index (χ0v) is 7.52. The van der Waals surface area contributed by atoms with Gasteiger partial charge in [-0.2, -0.15) is 0 Å². The average Bonchev–Trinajstić information content (AvgIpc) is 2.54. The summed E-state index contributed by atoms with van der Waals surface area (Å²) in [5, 5.41) is 9.53. The smallest absolute Gasteiger partial charge is 0.124 e. The number of ether oxygens (including phenoxy) is 1. The number of hydrogen-bond acceptors (Lipinski definition) is 2. The predicted octanol–water partition coefficient (Wildman–Crippen LogP) is 1.98. The third-order valence-corrected chi connectivity index (χ3v) is 2.45. The van der Waals surface area contributed by atoms with E-state index < -0.39 is 0 Å². The van der Waals surface area contributed by atoms with E-state index in [1.165, 1.54) is 0 Å². The maximum atomic E-state index is 9.53. The van der Waals surface area contributed by atoms with Crippen molar-refractivity contribution in [1.29, 1.82) is 0 Å². The Morgan fingerprint density at radius 3 is 2.54 bits per heavy atom. The predicted molar refractivity (Wildman–Crippen MR) is 50.7 cm³/mol. The van der Waals surface area contributed by atoms with Crippen molar-refractivity contribution in [3.63, 3.8) is 0 Å². The first-order valence-corrected chi connectivity index (χ1v) is 4.76. The van der Waals surface area contributed by atoms with Gasteiger partial charge in [0.1, 0.15) is 11.9 Å². The van der Waals surface area contributed by atoms with Crippen molar-refractivity contribution in [2.75, 3.05) is 0 Å². The zero-order chi connectivity index (χ0) is 9.10. The largest absolute Gasteiger partial charge is 0.488 e. The van der Waals surface area contributed by atoms with Crippen molar-refractivity contribution in [3.05, 3.63) is 30.3 Å². The highest BCUT2D eigenvalue weighted by Gasteiger charge is 2.26. The Morgan fingerprint density at radius 2 is 1.92 bits per heavy atom. The maximum Gasteiger partial charge on any atom is 0.124 e. The highest BCUT2D eigenvalue weighted by Crippen LogP contribution is 2.24. The van der Waals surface area contributed by atoms with Crippen molar-refractivity contribution in [2.24, 2.45) is 0 Å². The molecule has 1 N–H and O–H groups in total. The molecule has 1 aromatic carbocycles. The summed E-state index contributed by atoms with van der Waals surface area (Å²) in [7, 11) is 0. The average molecular weight is 178 g/mol. The molecule has 0 amide bonds. The van der Waals surface area contributed by atoms with Crippen LogP contribution >= 0.6 is 0 Å². The lowest BCUT2D eigenvalue weighted by Gasteiger charge is -2.16. The highest BCUT2D eigenvalue weighted by atomic mass is 16.5. The molecule has 0 aliphatic heterocycles. The summed E-state index contributed by atoms with van der Waals surface area (Å²) in [5.74, 6) is 0.855. The summed E-state index contributed by atoms with van der Waals surface area (Å²) in [4.78, 5) is 0. The Bertz CT molecular complexity index is 258. The van der Waals surface area contributed by atoms with Crippen LogP contribution in [0.3, 0.4) is 0 Å². The Morgan fingerprint density at radius 1 is 1.15 bits per heavy atom. The second-order valence-corrected chi connectivity index (χ2v) is 3.47. The van der Waals surface area contributed by atoms with Crippen LogP contribution in [0, 0.1) is 0 Å². The molecule has 0 heterocycles. The molecule has 0 saturated heterocycles. The second kappa shape index (κ2) is 3.79. The fourth-order valence-electron chi connectivity index (χ4n) is 1.72. The first-order chi connectivity index (χ1) is 6.36. The van der Waals surface area contributed by atoms with Gasteiger partial charge in [-0.05, 0) is 31.4 Å². The van der Waals surface area contributed by atoms with E-state index in [0.29, 0.717) is 0 Å². The van der Waals surface area contributed by atoms with Crippen LogP contribution < -0.4 is 4.74 Å². The molecule has 2 rings (SSSR count). The van der Waals surface area contributed by atoms with Crippen LogP contribution in [0.4, 0.5) is 0 Å². The maximum absolute atomic E-state index is 9.53. The minimum absolute atomic E-state index is 0.00222. The lowest BCUT2D eigenvalue weighted by Crippen LogP contribution is -2.25. The summed E-state index contributed by atoms with van der Waals surface area (Å²) >= 11 is 0. The van der Waals surface area contributed by atoms with Gasteiger partial charge in [-0.1, -0.05) is 18.2 Å². The Labute approximate surface area is 78.2 Å². The van der Waals surface area contributed by atoms with Crippen LogP contribution in [-0.4, -0.2) is 17.3 Å². The molecular formula is C11H14O2. The van der Waals surface area contributed by atoms with Crippen LogP contribution in [0.15, 0.2) is 30.3 Å².